The van der Waals surface area contributed by atoms with Crippen molar-refractivity contribution in [2.75, 3.05) is 6.26 Å². The van der Waals surface area contributed by atoms with E-state index in [-0.39, 0.29) is 5.56 Å². The molecule has 21 heavy (non-hydrogen) atoms. The Bertz CT molecular complexity index is 786. The van der Waals surface area contributed by atoms with Crippen LogP contribution in [0.15, 0.2) is 63.9 Å². The van der Waals surface area contributed by atoms with Crippen molar-refractivity contribution in [2.45, 2.75) is 11.8 Å². The van der Waals surface area contributed by atoms with Gasteiger partial charge in [0.05, 0.1) is 9.73 Å². The molecule has 1 atom stereocenters. The molecule has 2 aromatic carbocycles. The third-order valence-corrected chi connectivity index (χ3v) is 4.61. The minimum absolute atomic E-state index is 0.241. The number of nitrogens with zero attached hydrogens (tertiary/aromatic N) is 1. The second-order valence-electron chi connectivity index (χ2n) is 4.71. The molecular formula is C16H15NO3S. The van der Waals surface area contributed by atoms with Crippen molar-refractivity contribution < 1.29 is 13.8 Å². The van der Waals surface area contributed by atoms with Crippen molar-refractivity contribution in [3.8, 4) is 0 Å². The number of ketones is 1. The molecule has 1 unspecified atom stereocenters. The molecule has 1 amide bonds. The van der Waals surface area contributed by atoms with Gasteiger partial charge in [-0.15, -0.1) is 0 Å². The summed E-state index contributed by atoms with van der Waals surface area (Å²) in [4.78, 5) is 24.3. The van der Waals surface area contributed by atoms with Crippen molar-refractivity contribution in [1.82, 2.24) is 0 Å². The van der Waals surface area contributed by atoms with Crippen LogP contribution in [0.4, 0.5) is 0 Å². The number of carbonyl (C=O) groups excluding carboxylic acids is 2. The van der Waals surface area contributed by atoms with Gasteiger partial charge in [0, 0.05) is 16.7 Å². The number of carbonyl (C=O) groups is 2. The molecular weight excluding hydrogens is 286 g/mol. The summed E-state index contributed by atoms with van der Waals surface area (Å²) in [5.74, 6) is -1.74. The Morgan fingerprint density at radius 2 is 1.52 bits per heavy atom. The number of amides is 1. The third-order valence-electron chi connectivity index (χ3n) is 2.95. The molecule has 0 radical (unpaired) electrons. The normalized spacial score (nSPS) is 13.2. The molecule has 2 rings (SSSR count). The summed E-state index contributed by atoms with van der Waals surface area (Å²) in [6.07, 6.45) is 1.36. The molecule has 0 saturated carbocycles. The highest BCUT2D eigenvalue weighted by atomic mass is 32.2. The van der Waals surface area contributed by atoms with Gasteiger partial charge in [-0.2, -0.15) is 4.36 Å². The zero-order valence-corrected chi connectivity index (χ0v) is 12.6. The highest BCUT2D eigenvalue weighted by molar-refractivity contribution is 7.93. The lowest BCUT2D eigenvalue weighted by atomic mass is 10.1. The van der Waals surface area contributed by atoms with Gasteiger partial charge in [0.2, 0.25) is 0 Å². The second-order valence-corrected chi connectivity index (χ2v) is 6.97. The molecule has 0 heterocycles. The first kappa shape index (κ1) is 15.1. The van der Waals surface area contributed by atoms with Gasteiger partial charge in [-0.05, 0) is 19.1 Å². The summed E-state index contributed by atoms with van der Waals surface area (Å²) in [7, 11) is -2.92. The van der Waals surface area contributed by atoms with E-state index in [2.05, 4.69) is 4.36 Å². The first-order valence-corrected chi connectivity index (χ1v) is 8.25. The summed E-state index contributed by atoms with van der Waals surface area (Å²) in [6, 6.07) is 15.0. The number of hydrogen-bond acceptors (Lipinski definition) is 3. The fourth-order valence-corrected chi connectivity index (χ4v) is 2.90. The standard InChI is InChI=1S/C16H15NO3S/c1-12-8-10-14(11-9-12)21(2,20)17-16(19)15(18)13-6-4-3-5-7-13/h3-11H,1-2H3. The highest BCUT2D eigenvalue weighted by Crippen LogP contribution is 2.13. The first-order chi connectivity index (χ1) is 9.90. The number of aryl methyl sites for hydroxylation is 1. The summed E-state index contributed by atoms with van der Waals surface area (Å²) in [6.45, 7) is 1.91. The van der Waals surface area contributed by atoms with Crippen molar-refractivity contribution in [3.05, 3.63) is 65.7 Å². The Morgan fingerprint density at radius 1 is 0.952 bits per heavy atom. The van der Waals surface area contributed by atoms with Crippen LogP contribution in [-0.4, -0.2) is 22.2 Å². The molecule has 0 aliphatic heterocycles. The van der Waals surface area contributed by atoms with E-state index in [0.29, 0.717) is 4.90 Å². The van der Waals surface area contributed by atoms with Gasteiger partial charge in [-0.3, -0.25) is 9.59 Å². The largest absolute Gasteiger partial charge is 0.326 e. The third kappa shape index (κ3) is 3.64. The van der Waals surface area contributed by atoms with Crippen LogP contribution >= 0.6 is 0 Å². The molecule has 0 spiro atoms. The van der Waals surface area contributed by atoms with Crippen LogP contribution in [0.1, 0.15) is 15.9 Å². The Labute approximate surface area is 124 Å². The van der Waals surface area contributed by atoms with Crippen LogP contribution in [0.3, 0.4) is 0 Å². The maximum absolute atomic E-state index is 12.5. The average Bonchev–Trinajstić information content (AvgIpc) is 2.47. The Kier molecular flexibility index (Phi) is 4.33. The van der Waals surface area contributed by atoms with E-state index >= 15 is 0 Å². The number of hydrogen-bond donors (Lipinski definition) is 0. The lowest BCUT2D eigenvalue weighted by molar-refractivity contribution is -0.113. The van der Waals surface area contributed by atoms with E-state index in [1.165, 1.54) is 18.4 Å². The van der Waals surface area contributed by atoms with E-state index in [9.17, 15) is 13.8 Å². The summed E-state index contributed by atoms with van der Waals surface area (Å²) >= 11 is 0. The van der Waals surface area contributed by atoms with E-state index in [1.54, 1.807) is 42.5 Å². The highest BCUT2D eigenvalue weighted by Gasteiger charge is 2.18. The maximum atomic E-state index is 12.5. The molecule has 2 aromatic rings. The number of rotatable bonds is 3. The van der Waals surface area contributed by atoms with Crippen molar-refractivity contribution >= 4 is 21.4 Å². The molecule has 0 saturated heterocycles. The zero-order valence-electron chi connectivity index (χ0n) is 11.8. The predicted molar refractivity (Wildman–Crippen MR) is 81.7 cm³/mol. The summed E-state index contributed by atoms with van der Waals surface area (Å²) in [5.41, 5.74) is 1.26. The van der Waals surface area contributed by atoms with Gasteiger partial charge in [0.15, 0.2) is 0 Å². The minimum Gasteiger partial charge on any atom is -0.283 e. The lowest BCUT2D eigenvalue weighted by Gasteiger charge is -2.04. The maximum Gasteiger partial charge on any atom is 0.326 e. The van der Waals surface area contributed by atoms with Gasteiger partial charge < -0.3 is 0 Å². The van der Waals surface area contributed by atoms with Crippen molar-refractivity contribution in [1.29, 1.82) is 0 Å². The van der Waals surface area contributed by atoms with Gasteiger partial charge in [0.1, 0.15) is 0 Å². The van der Waals surface area contributed by atoms with Gasteiger partial charge in [0.25, 0.3) is 5.78 Å². The number of benzene rings is 2. The Balaban J connectivity index is 2.33. The smallest absolute Gasteiger partial charge is 0.283 e. The Morgan fingerprint density at radius 3 is 2.10 bits per heavy atom. The minimum atomic E-state index is -2.92. The van der Waals surface area contributed by atoms with E-state index < -0.39 is 21.4 Å². The van der Waals surface area contributed by atoms with E-state index in [0.717, 1.165) is 5.56 Å². The SMILES string of the molecule is Cc1ccc(S(C)(=O)=NC(=O)C(=O)c2ccccc2)cc1. The van der Waals surface area contributed by atoms with Gasteiger partial charge in [-0.25, -0.2) is 4.21 Å². The molecule has 0 fully saturated rings. The molecule has 0 bridgehead atoms. The molecule has 4 nitrogen and oxygen atoms in total. The summed E-state index contributed by atoms with van der Waals surface area (Å²) < 4.78 is 16.1. The predicted octanol–water partition coefficient (Wildman–Crippen LogP) is 2.86. The lowest BCUT2D eigenvalue weighted by Crippen LogP contribution is -2.14. The van der Waals surface area contributed by atoms with Crippen LogP contribution in [-0.2, 0) is 14.5 Å². The summed E-state index contributed by atoms with van der Waals surface area (Å²) in [5, 5.41) is 0. The Hall–Kier alpha value is -2.27. The van der Waals surface area contributed by atoms with Crippen LogP contribution in [0.25, 0.3) is 0 Å². The average molecular weight is 301 g/mol. The monoisotopic (exact) mass is 301 g/mol. The molecule has 108 valence electrons. The molecule has 0 aromatic heterocycles. The fourth-order valence-electron chi connectivity index (χ4n) is 1.76. The van der Waals surface area contributed by atoms with Gasteiger partial charge in [-0.1, -0.05) is 48.0 Å². The second kappa shape index (κ2) is 6.01. The van der Waals surface area contributed by atoms with E-state index in [4.69, 9.17) is 0 Å². The topological polar surface area (TPSA) is 63.6 Å². The molecule has 5 heteroatoms. The molecule has 0 aliphatic rings. The van der Waals surface area contributed by atoms with Gasteiger partial charge >= 0.3 is 5.91 Å². The quantitative estimate of drug-likeness (QED) is 0.647. The first-order valence-electron chi connectivity index (χ1n) is 6.33. The van der Waals surface area contributed by atoms with Crippen LogP contribution in [0.2, 0.25) is 0 Å². The fraction of sp³-hybridized carbons (Fsp3) is 0.125. The van der Waals surface area contributed by atoms with Crippen LogP contribution < -0.4 is 0 Å². The van der Waals surface area contributed by atoms with Crippen molar-refractivity contribution in [3.63, 3.8) is 0 Å². The zero-order chi connectivity index (χ0) is 15.5. The van der Waals surface area contributed by atoms with Crippen LogP contribution in [0, 0.1) is 6.92 Å². The number of Topliss-reactive ketones (excluding diaryl/α,β-unsaturated/α-hetero) is 1. The van der Waals surface area contributed by atoms with E-state index in [1.807, 2.05) is 6.92 Å². The van der Waals surface area contributed by atoms with Crippen molar-refractivity contribution in [2.24, 2.45) is 4.36 Å². The molecule has 0 N–H and O–H groups in total. The molecule has 0 aliphatic carbocycles. The van der Waals surface area contributed by atoms with Crippen LogP contribution in [0.5, 0.6) is 0 Å².